The lowest BCUT2D eigenvalue weighted by Gasteiger charge is -2.13. The molecule has 3 heterocycles. The van der Waals surface area contributed by atoms with Crippen molar-refractivity contribution in [3.05, 3.63) is 114 Å². The third-order valence-corrected chi connectivity index (χ3v) is 5.76. The minimum atomic E-state index is -4.44. The van der Waals surface area contributed by atoms with Gasteiger partial charge < -0.3 is 24.0 Å². The number of hydrogen-bond donors (Lipinski definition) is 2. The number of hydrogen-bond acceptors (Lipinski definition) is 4. The quantitative estimate of drug-likeness (QED) is 0.280. The van der Waals surface area contributed by atoms with Crippen molar-refractivity contribution in [1.29, 1.82) is 0 Å². The van der Waals surface area contributed by atoms with Crippen molar-refractivity contribution in [2.75, 3.05) is 5.32 Å². The van der Waals surface area contributed by atoms with Crippen LogP contribution in [0.2, 0.25) is 0 Å². The average molecular weight is 507 g/mol. The average Bonchev–Trinajstić information content (AvgIpc) is 3.64. The number of benzene rings is 2. The summed E-state index contributed by atoms with van der Waals surface area (Å²) >= 11 is 0. The zero-order chi connectivity index (χ0) is 26.0. The molecule has 5 rings (SSSR count). The molecule has 0 saturated heterocycles. The van der Waals surface area contributed by atoms with Gasteiger partial charge in [-0.25, -0.2) is 0 Å². The van der Waals surface area contributed by atoms with E-state index in [1.807, 2.05) is 0 Å². The van der Waals surface area contributed by atoms with Gasteiger partial charge in [0.05, 0.1) is 24.6 Å². The number of carbonyl (C=O) groups excluding carboxylic acids is 2. The number of carbonyl (C=O) groups is 2. The molecule has 3 aromatic heterocycles. The molecule has 37 heavy (non-hydrogen) atoms. The van der Waals surface area contributed by atoms with Gasteiger partial charge in [-0.2, -0.15) is 13.2 Å². The highest BCUT2D eigenvalue weighted by Crippen LogP contribution is 2.30. The number of nitrogens with one attached hydrogen (secondary N) is 2. The van der Waals surface area contributed by atoms with Crippen LogP contribution in [0.3, 0.4) is 0 Å². The summed E-state index contributed by atoms with van der Waals surface area (Å²) in [6, 6.07) is 18.2. The molecule has 7 nitrogen and oxygen atoms in total. The van der Waals surface area contributed by atoms with E-state index in [4.69, 9.17) is 8.83 Å². The molecule has 2 N–H and O–H groups in total. The fourth-order valence-corrected chi connectivity index (χ4v) is 3.96. The summed E-state index contributed by atoms with van der Waals surface area (Å²) in [7, 11) is 0. The van der Waals surface area contributed by atoms with Crippen molar-refractivity contribution >= 4 is 28.4 Å². The van der Waals surface area contributed by atoms with Gasteiger partial charge in [-0.05, 0) is 66.2 Å². The summed E-state index contributed by atoms with van der Waals surface area (Å²) < 4.78 is 51.1. The van der Waals surface area contributed by atoms with E-state index in [9.17, 15) is 22.8 Å². The zero-order valence-corrected chi connectivity index (χ0v) is 19.2. The number of anilines is 1. The van der Waals surface area contributed by atoms with E-state index in [2.05, 4.69) is 10.6 Å². The Morgan fingerprint density at radius 2 is 1.62 bits per heavy atom. The van der Waals surface area contributed by atoms with Gasteiger partial charge in [0.2, 0.25) is 0 Å². The normalized spacial score (nSPS) is 11.5. The molecule has 0 unspecified atom stereocenters. The number of rotatable bonds is 7. The Morgan fingerprint density at radius 3 is 2.30 bits per heavy atom. The Kier molecular flexibility index (Phi) is 6.31. The van der Waals surface area contributed by atoms with E-state index in [-0.39, 0.29) is 24.8 Å². The van der Waals surface area contributed by atoms with Crippen LogP contribution < -0.4 is 10.6 Å². The van der Waals surface area contributed by atoms with Gasteiger partial charge in [0.15, 0.2) is 5.76 Å². The van der Waals surface area contributed by atoms with E-state index in [0.717, 1.165) is 12.1 Å². The van der Waals surface area contributed by atoms with E-state index >= 15 is 0 Å². The molecule has 2 amide bonds. The third-order valence-electron chi connectivity index (χ3n) is 5.76. The lowest BCUT2D eigenvalue weighted by Crippen LogP contribution is -2.25. The molecule has 0 atom stereocenters. The first kappa shape index (κ1) is 24.0. The van der Waals surface area contributed by atoms with Crippen LogP contribution in [-0.2, 0) is 19.3 Å². The first-order chi connectivity index (χ1) is 17.8. The molecule has 0 saturated carbocycles. The predicted molar refractivity (Wildman–Crippen MR) is 129 cm³/mol. The van der Waals surface area contributed by atoms with E-state index in [0.29, 0.717) is 33.6 Å². The summed E-state index contributed by atoms with van der Waals surface area (Å²) in [4.78, 5) is 25.5. The lowest BCUT2D eigenvalue weighted by atomic mass is 10.1. The van der Waals surface area contributed by atoms with Gasteiger partial charge in [0.1, 0.15) is 11.5 Å². The van der Waals surface area contributed by atoms with Gasteiger partial charge in [0, 0.05) is 23.1 Å². The van der Waals surface area contributed by atoms with Crippen molar-refractivity contribution in [1.82, 2.24) is 9.88 Å². The number of furan rings is 2. The van der Waals surface area contributed by atoms with Crippen LogP contribution >= 0.6 is 0 Å². The Balaban J connectivity index is 1.46. The van der Waals surface area contributed by atoms with Crippen LogP contribution in [0, 0.1) is 0 Å². The number of alkyl halides is 3. The van der Waals surface area contributed by atoms with Gasteiger partial charge in [-0.15, -0.1) is 0 Å². The van der Waals surface area contributed by atoms with Gasteiger partial charge >= 0.3 is 6.18 Å². The van der Waals surface area contributed by atoms with Gasteiger partial charge in [-0.1, -0.05) is 12.1 Å². The Bertz CT molecular complexity index is 1530. The number of aromatic nitrogens is 1. The summed E-state index contributed by atoms with van der Waals surface area (Å²) in [5, 5.41) is 6.20. The largest absolute Gasteiger partial charge is 0.467 e. The highest BCUT2D eigenvalue weighted by molar-refractivity contribution is 6.04. The van der Waals surface area contributed by atoms with Crippen LogP contribution in [0.25, 0.3) is 10.9 Å². The fourth-order valence-electron chi connectivity index (χ4n) is 3.96. The molecule has 5 aromatic rings. The van der Waals surface area contributed by atoms with Crippen molar-refractivity contribution in [2.45, 2.75) is 19.3 Å². The molecule has 0 aliphatic heterocycles. The second-order valence-electron chi connectivity index (χ2n) is 8.28. The highest BCUT2D eigenvalue weighted by atomic mass is 19.4. The maximum Gasteiger partial charge on any atom is 0.416 e. The van der Waals surface area contributed by atoms with Crippen LogP contribution in [0.1, 0.15) is 37.9 Å². The molecule has 0 aliphatic carbocycles. The van der Waals surface area contributed by atoms with Crippen LogP contribution in [-0.4, -0.2) is 16.4 Å². The second kappa shape index (κ2) is 9.73. The van der Waals surface area contributed by atoms with Crippen molar-refractivity contribution in [2.24, 2.45) is 0 Å². The lowest BCUT2D eigenvalue weighted by molar-refractivity contribution is -0.137. The van der Waals surface area contributed by atoms with Crippen molar-refractivity contribution in [3.8, 4) is 0 Å². The van der Waals surface area contributed by atoms with E-state index < -0.39 is 17.6 Å². The molecular weight excluding hydrogens is 487 g/mol. The maximum absolute atomic E-state index is 13.1. The first-order valence-electron chi connectivity index (χ1n) is 11.2. The number of nitrogens with zero attached hydrogens (tertiary/aromatic N) is 1. The smallest absolute Gasteiger partial charge is 0.416 e. The Morgan fingerprint density at radius 1 is 0.865 bits per heavy atom. The summed E-state index contributed by atoms with van der Waals surface area (Å²) in [5.41, 5.74) is 1.29. The fraction of sp³-hybridized carbons (Fsp3) is 0.111. The molecule has 0 radical (unpaired) electrons. The summed E-state index contributed by atoms with van der Waals surface area (Å²) in [5.74, 6) is -0.0923. The summed E-state index contributed by atoms with van der Waals surface area (Å²) in [6.07, 6.45) is -1.54. The molecule has 0 aliphatic rings. The molecule has 0 bridgehead atoms. The highest BCUT2D eigenvalue weighted by Gasteiger charge is 2.30. The van der Waals surface area contributed by atoms with Gasteiger partial charge in [-0.3, -0.25) is 9.59 Å². The van der Waals surface area contributed by atoms with E-state index in [1.165, 1.54) is 30.7 Å². The minimum absolute atomic E-state index is 0.151. The molecule has 2 aromatic carbocycles. The molecule has 188 valence electrons. The Hall–Kier alpha value is -4.73. The molecular formula is C27H20F3N3O4. The molecule has 0 fully saturated rings. The Labute approximate surface area is 208 Å². The van der Waals surface area contributed by atoms with Crippen LogP contribution in [0.15, 0.2) is 94.2 Å². The first-order valence-corrected chi connectivity index (χ1v) is 11.2. The predicted octanol–water partition coefficient (Wildman–Crippen LogP) is 6.08. The standard InChI is InChI=1S/C27H20F3N3O4/c28-27(29,30)19-7-5-17(6-8-19)16-33-22-10-9-20(32-26(35)24-4-2-12-37-24)13-18(22)14-23(33)25(34)31-15-21-3-1-11-36-21/h1-14H,15-16H2,(H,31,34)(H,32,35). The van der Waals surface area contributed by atoms with E-state index in [1.54, 1.807) is 47.0 Å². The van der Waals surface area contributed by atoms with Crippen molar-refractivity contribution < 1.29 is 31.6 Å². The number of halogens is 3. The maximum atomic E-state index is 13.1. The number of fused-ring (bicyclic) bond motifs is 1. The second-order valence-corrected chi connectivity index (χ2v) is 8.28. The molecule has 10 heteroatoms. The monoisotopic (exact) mass is 507 g/mol. The summed E-state index contributed by atoms with van der Waals surface area (Å²) in [6.45, 7) is 0.321. The van der Waals surface area contributed by atoms with Crippen LogP contribution in [0.5, 0.6) is 0 Å². The number of amides is 2. The minimum Gasteiger partial charge on any atom is -0.467 e. The third kappa shape index (κ3) is 5.27. The van der Waals surface area contributed by atoms with Gasteiger partial charge in [0.25, 0.3) is 11.8 Å². The SMILES string of the molecule is O=C(Nc1ccc2c(c1)cc(C(=O)NCc1ccco1)n2Cc1ccc(C(F)(F)F)cc1)c1ccco1. The topological polar surface area (TPSA) is 89.4 Å². The van der Waals surface area contributed by atoms with Crippen molar-refractivity contribution in [3.63, 3.8) is 0 Å². The molecule has 0 spiro atoms. The zero-order valence-electron chi connectivity index (χ0n) is 19.2. The van der Waals surface area contributed by atoms with Crippen LogP contribution in [0.4, 0.5) is 18.9 Å².